The summed E-state index contributed by atoms with van der Waals surface area (Å²) in [6.45, 7) is 3.41. The molecule has 2 aliphatic heterocycles. The zero-order chi connectivity index (χ0) is 13.9. The van der Waals surface area contributed by atoms with E-state index in [9.17, 15) is 13.2 Å². The van der Waals surface area contributed by atoms with E-state index in [0.29, 0.717) is 32.7 Å². The first-order chi connectivity index (χ1) is 8.97. The normalized spacial score (nSPS) is 25.1. The molecule has 10 heteroatoms. The maximum absolute atomic E-state index is 12.0. The molecule has 0 aliphatic carbocycles. The van der Waals surface area contributed by atoms with Crippen LogP contribution in [0.15, 0.2) is 0 Å². The number of halogens is 1. The molecule has 0 aromatic carbocycles. The number of nitrogens with zero attached hydrogens (tertiary/aromatic N) is 2. The van der Waals surface area contributed by atoms with Crippen molar-refractivity contribution in [1.82, 2.24) is 14.5 Å². The summed E-state index contributed by atoms with van der Waals surface area (Å²) in [4.78, 5) is 13.7. The first kappa shape index (κ1) is 17.6. The second kappa shape index (κ2) is 7.53. The van der Waals surface area contributed by atoms with Gasteiger partial charge >= 0.3 is 0 Å². The molecule has 2 aliphatic rings. The van der Waals surface area contributed by atoms with Crippen LogP contribution >= 0.6 is 12.4 Å². The van der Waals surface area contributed by atoms with Gasteiger partial charge in [0.2, 0.25) is 5.91 Å². The van der Waals surface area contributed by atoms with Crippen molar-refractivity contribution in [2.45, 2.75) is 12.5 Å². The van der Waals surface area contributed by atoms with Gasteiger partial charge in [0, 0.05) is 39.3 Å². The monoisotopic (exact) mass is 328 g/mol. The molecule has 3 N–H and O–H groups in total. The van der Waals surface area contributed by atoms with Crippen molar-refractivity contribution in [2.75, 3.05) is 45.9 Å². The molecule has 0 aromatic heterocycles. The third-order valence-electron chi connectivity index (χ3n) is 3.36. The Morgan fingerprint density at radius 1 is 1.30 bits per heavy atom. The standard InChI is InChI=1S/C10H20N4O4S.ClH/c11-19(16,17)14-4-2-13(3-5-14)10(15)7-9-8-12-1-6-18-9;/h9,12H,1-8H2,(H2,11,16,17);1H. The van der Waals surface area contributed by atoms with Gasteiger partial charge in [-0.3, -0.25) is 4.79 Å². The first-order valence-corrected chi connectivity index (χ1v) is 7.85. The molecule has 1 atom stereocenters. The Labute approximate surface area is 125 Å². The number of nitrogens with two attached hydrogens (primary N) is 1. The highest BCUT2D eigenvalue weighted by molar-refractivity contribution is 7.86. The van der Waals surface area contributed by atoms with Gasteiger partial charge in [0.25, 0.3) is 10.2 Å². The lowest BCUT2D eigenvalue weighted by Gasteiger charge is -2.34. The molecule has 1 amide bonds. The van der Waals surface area contributed by atoms with E-state index in [2.05, 4.69) is 5.32 Å². The molecule has 2 heterocycles. The Kier molecular flexibility index (Phi) is 6.62. The zero-order valence-electron chi connectivity index (χ0n) is 11.2. The number of morpholine rings is 1. The molecule has 118 valence electrons. The SMILES string of the molecule is Cl.NS(=O)(=O)N1CCN(C(=O)CC2CNCCO2)CC1. The van der Waals surface area contributed by atoms with Gasteiger partial charge in [-0.25, -0.2) is 5.14 Å². The van der Waals surface area contributed by atoms with Gasteiger partial charge in [-0.2, -0.15) is 12.7 Å². The average molecular weight is 329 g/mol. The molecule has 0 radical (unpaired) electrons. The second-order valence-corrected chi connectivity index (χ2v) is 6.27. The van der Waals surface area contributed by atoms with Gasteiger partial charge < -0.3 is 15.0 Å². The van der Waals surface area contributed by atoms with Crippen LogP contribution < -0.4 is 10.5 Å². The van der Waals surface area contributed by atoms with Crippen LogP contribution in [0.4, 0.5) is 0 Å². The van der Waals surface area contributed by atoms with Crippen LogP contribution in [-0.4, -0.2) is 75.5 Å². The molecule has 0 spiro atoms. The van der Waals surface area contributed by atoms with Crippen LogP contribution in [-0.2, 0) is 19.7 Å². The zero-order valence-corrected chi connectivity index (χ0v) is 12.8. The van der Waals surface area contributed by atoms with Gasteiger partial charge in [0.05, 0.1) is 19.1 Å². The number of nitrogens with one attached hydrogen (secondary N) is 1. The predicted octanol–water partition coefficient (Wildman–Crippen LogP) is -1.87. The molecule has 2 fully saturated rings. The summed E-state index contributed by atoms with van der Waals surface area (Å²) in [6.07, 6.45) is 0.250. The summed E-state index contributed by atoms with van der Waals surface area (Å²) in [5, 5.41) is 8.22. The Bertz CT molecular complexity index is 419. The summed E-state index contributed by atoms with van der Waals surface area (Å²) in [5.41, 5.74) is 0. The quantitative estimate of drug-likeness (QED) is 0.632. The molecular weight excluding hydrogens is 308 g/mol. The van der Waals surface area contributed by atoms with Crippen molar-refractivity contribution in [3.05, 3.63) is 0 Å². The number of hydrogen-bond acceptors (Lipinski definition) is 5. The van der Waals surface area contributed by atoms with E-state index in [1.54, 1.807) is 4.90 Å². The number of ether oxygens (including phenoxy) is 1. The lowest BCUT2D eigenvalue weighted by atomic mass is 10.2. The molecule has 20 heavy (non-hydrogen) atoms. The highest BCUT2D eigenvalue weighted by Crippen LogP contribution is 2.09. The van der Waals surface area contributed by atoms with E-state index in [1.165, 1.54) is 4.31 Å². The predicted molar refractivity (Wildman–Crippen MR) is 75.7 cm³/mol. The van der Waals surface area contributed by atoms with Crippen LogP contribution in [0.5, 0.6) is 0 Å². The Morgan fingerprint density at radius 3 is 2.45 bits per heavy atom. The fourth-order valence-corrected chi connectivity index (χ4v) is 2.94. The lowest BCUT2D eigenvalue weighted by molar-refractivity contribution is -0.135. The van der Waals surface area contributed by atoms with Gasteiger partial charge in [-0.15, -0.1) is 12.4 Å². The van der Waals surface area contributed by atoms with E-state index in [0.717, 1.165) is 6.54 Å². The number of hydrogen-bond donors (Lipinski definition) is 2. The van der Waals surface area contributed by atoms with Crippen molar-refractivity contribution >= 4 is 28.5 Å². The Morgan fingerprint density at radius 2 is 1.95 bits per heavy atom. The summed E-state index contributed by atoms with van der Waals surface area (Å²) in [7, 11) is -3.64. The molecule has 1 unspecified atom stereocenters. The van der Waals surface area contributed by atoms with Crippen LogP contribution in [0.25, 0.3) is 0 Å². The molecule has 0 aromatic rings. The second-order valence-electron chi connectivity index (χ2n) is 4.73. The third kappa shape index (κ3) is 4.83. The highest BCUT2D eigenvalue weighted by Gasteiger charge is 2.28. The van der Waals surface area contributed by atoms with Gasteiger partial charge in [0.15, 0.2) is 0 Å². The van der Waals surface area contributed by atoms with Gasteiger partial charge in [-0.05, 0) is 0 Å². The molecule has 0 saturated carbocycles. The van der Waals surface area contributed by atoms with Crippen molar-refractivity contribution in [1.29, 1.82) is 0 Å². The Balaban J connectivity index is 0.00000200. The van der Waals surface area contributed by atoms with Crippen LogP contribution in [0, 0.1) is 0 Å². The van der Waals surface area contributed by atoms with Crippen molar-refractivity contribution < 1.29 is 17.9 Å². The average Bonchev–Trinajstić information content (AvgIpc) is 2.39. The van der Waals surface area contributed by atoms with Crippen LogP contribution in [0.2, 0.25) is 0 Å². The molecule has 8 nitrogen and oxygen atoms in total. The summed E-state index contributed by atoms with van der Waals surface area (Å²) in [5.74, 6) is 0.00256. The number of rotatable bonds is 3. The fourth-order valence-electron chi connectivity index (χ4n) is 2.27. The van der Waals surface area contributed by atoms with E-state index >= 15 is 0 Å². The molecule has 2 rings (SSSR count). The van der Waals surface area contributed by atoms with E-state index in [1.807, 2.05) is 0 Å². The highest BCUT2D eigenvalue weighted by atomic mass is 35.5. The van der Waals surface area contributed by atoms with Crippen LogP contribution in [0.3, 0.4) is 0 Å². The van der Waals surface area contributed by atoms with Crippen LogP contribution in [0.1, 0.15) is 6.42 Å². The molecular formula is C10H21ClN4O4S. The number of piperazine rings is 1. The lowest BCUT2D eigenvalue weighted by Crippen LogP contribution is -2.53. The first-order valence-electron chi connectivity index (χ1n) is 6.35. The fraction of sp³-hybridized carbons (Fsp3) is 0.900. The number of carbonyl (C=O) groups is 1. The number of amides is 1. The van der Waals surface area contributed by atoms with Crippen molar-refractivity contribution in [3.63, 3.8) is 0 Å². The molecule has 2 saturated heterocycles. The smallest absolute Gasteiger partial charge is 0.277 e. The topological polar surface area (TPSA) is 105 Å². The minimum Gasteiger partial charge on any atom is -0.375 e. The summed E-state index contributed by atoms with van der Waals surface area (Å²) >= 11 is 0. The van der Waals surface area contributed by atoms with Crippen molar-refractivity contribution in [2.24, 2.45) is 5.14 Å². The van der Waals surface area contributed by atoms with Crippen molar-refractivity contribution in [3.8, 4) is 0 Å². The maximum Gasteiger partial charge on any atom is 0.277 e. The summed E-state index contributed by atoms with van der Waals surface area (Å²) in [6, 6.07) is 0. The summed E-state index contributed by atoms with van der Waals surface area (Å²) < 4.78 is 29.0. The largest absolute Gasteiger partial charge is 0.375 e. The number of carbonyl (C=O) groups excluding carboxylic acids is 1. The van der Waals surface area contributed by atoms with Gasteiger partial charge in [-0.1, -0.05) is 0 Å². The Hall–Kier alpha value is -0.450. The van der Waals surface area contributed by atoms with E-state index < -0.39 is 10.2 Å². The van der Waals surface area contributed by atoms with Gasteiger partial charge in [0.1, 0.15) is 0 Å². The minimum atomic E-state index is -3.64. The maximum atomic E-state index is 12.0. The minimum absolute atomic E-state index is 0. The third-order valence-corrected chi connectivity index (χ3v) is 4.44. The van der Waals surface area contributed by atoms with E-state index in [4.69, 9.17) is 9.88 Å². The van der Waals surface area contributed by atoms with E-state index in [-0.39, 0.29) is 37.5 Å². The molecule has 0 bridgehead atoms.